The fourth-order valence-corrected chi connectivity index (χ4v) is 2.19. The molecule has 0 saturated carbocycles. The first-order valence-electron chi connectivity index (χ1n) is 5.65. The van der Waals surface area contributed by atoms with Gasteiger partial charge >= 0.3 is 5.97 Å². The summed E-state index contributed by atoms with van der Waals surface area (Å²) < 4.78 is 0. The number of carbonyl (C=O) groups is 2. The molecule has 92 valence electrons. The van der Waals surface area contributed by atoms with Gasteiger partial charge in [0.2, 0.25) is 5.91 Å². The molecule has 0 bridgehead atoms. The third-order valence-electron chi connectivity index (χ3n) is 3.06. The van der Waals surface area contributed by atoms with Crippen molar-refractivity contribution in [3.05, 3.63) is 0 Å². The Bertz CT molecular complexity index is 278. The van der Waals surface area contributed by atoms with Crippen LogP contribution in [0.15, 0.2) is 0 Å². The van der Waals surface area contributed by atoms with Crippen molar-refractivity contribution in [1.82, 2.24) is 9.80 Å². The number of amides is 1. The first-order valence-corrected chi connectivity index (χ1v) is 5.65. The van der Waals surface area contributed by atoms with E-state index in [2.05, 4.69) is 0 Å². The summed E-state index contributed by atoms with van der Waals surface area (Å²) in [6, 6.07) is 0.369. The van der Waals surface area contributed by atoms with Crippen LogP contribution in [0.1, 0.15) is 27.2 Å². The van der Waals surface area contributed by atoms with Gasteiger partial charge in [0, 0.05) is 32.1 Å². The Morgan fingerprint density at radius 1 is 1.50 bits per heavy atom. The number of nitrogens with zero attached hydrogens (tertiary/aromatic N) is 2. The van der Waals surface area contributed by atoms with Crippen LogP contribution in [0.5, 0.6) is 0 Å². The van der Waals surface area contributed by atoms with Crippen LogP contribution in [0.4, 0.5) is 0 Å². The summed E-state index contributed by atoms with van der Waals surface area (Å²) in [7, 11) is 0. The predicted octanol–water partition coefficient (Wildman–Crippen LogP) is 0.402. The molecular weight excluding hydrogens is 208 g/mol. The number of rotatable bonds is 4. The van der Waals surface area contributed by atoms with Gasteiger partial charge in [-0.3, -0.25) is 14.5 Å². The molecule has 5 heteroatoms. The van der Waals surface area contributed by atoms with Crippen LogP contribution in [-0.4, -0.2) is 58.5 Å². The molecule has 0 aromatic rings. The highest BCUT2D eigenvalue weighted by atomic mass is 16.4. The van der Waals surface area contributed by atoms with Gasteiger partial charge in [-0.25, -0.2) is 0 Å². The number of carboxylic acids is 1. The van der Waals surface area contributed by atoms with Crippen molar-refractivity contribution in [3.63, 3.8) is 0 Å². The van der Waals surface area contributed by atoms with Gasteiger partial charge in [-0.2, -0.15) is 0 Å². The topological polar surface area (TPSA) is 60.9 Å². The van der Waals surface area contributed by atoms with E-state index in [4.69, 9.17) is 5.11 Å². The highest BCUT2D eigenvalue weighted by Crippen LogP contribution is 2.17. The Morgan fingerprint density at radius 2 is 2.12 bits per heavy atom. The van der Waals surface area contributed by atoms with Gasteiger partial charge in [0.15, 0.2) is 0 Å². The fourth-order valence-electron chi connectivity index (χ4n) is 2.19. The van der Waals surface area contributed by atoms with Crippen LogP contribution in [-0.2, 0) is 9.59 Å². The number of carbonyl (C=O) groups excluding carboxylic acids is 1. The van der Waals surface area contributed by atoms with Crippen LogP contribution in [0.3, 0.4) is 0 Å². The molecule has 0 aromatic carbocycles. The second-order valence-corrected chi connectivity index (χ2v) is 4.57. The summed E-state index contributed by atoms with van der Waals surface area (Å²) in [5.74, 6) is -0.739. The van der Waals surface area contributed by atoms with Crippen molar-refractivity contribution >= 4 is 11.9 Å². The predicted molar refractivity (Wildman–Crippen MR) is 60.1 cm³/mol. The second kappa shape index (κ2) is 5.30. The molecule has 0 unspecified atom stereocenters. The highest BCUT2D eigenvalue weighted by molar-refractivity contribution is 5.73. The Balaban J connectivity index is 2.60. The van der Waals surface area contributed by atoms with Crippen LogP contribution in [0, 0.1) is 0 Å². The standard InChI is InChI=1S/C11H20N2O3/c1-8(2)13(7-11(15)16)10-4-5-12(6-10)9(3)14/h8,10H,4-7H2,1-3H3,(H,15,16)/t10-/m0/s1. The molecule has 1 atom stereocenters. The molecule has 1 amide bonds. The van der Waals surface area contributed by atoms with Crippen LogP contribution >= 0.6 is 0 Å². The molecular formula is C11H20N2O3. The first kappa shape index (κ1) is 13.0. The SMILES string of the molecule is CC(=O)N1CC[C@H](N(CC(=O)O)C(C)C)C1. The maximum Gasteiger partial charge on any atom is 0.317 e. The molecule has 1 fully saturated rings. The van der Waals surface area contributed by atoms with Crippen molar-refractivity contribution in [2.45, 2.75) is 39.3 Å². The molecule has 0 spiro atoms. The number of hydrogen-bond acceptors (Lipinski definition) is 3. The highest BCUT2D eigenvalue weighted by Gasteiger charge is 2.31. The Kier molecular flexibility index (Phi) is 4.29. The normalized spacial score (nSPS) is 20.8. The average Bonchev–Trinajstić information content (AvgIpc) is 2.61. The minimum Gasteiger partial charge on any atom is -0.480 e. The van der Waals surface area contributed by atoms with E-state index in [9.17, 15) is 9.59 Å². The van der Waals surface area contributed by atoms with E-state index >= 15 is 0 Å². The molecule has 1 heterocycles. The zero-order chi connectivity index (χ0) is 12.3. The smallest absolute Gasteiger partial charge is 0.317 e. The Hall–Kier alpha value is -1.10. The maximum atomic E-state index is 11.2. The van der Waals surface area contributed by atoms with E-state index in [-0.39, 0.29) is 24.5 Å². The summed E-state index contributed by atoms with van der Waals surface area (Å²) in [4.78, 5) is 25.7. The van der Waals surface area contributed by atoms with Gasteiger partial charge in [-0.05, 0) is 20.3 Å². The van der Waals surface area contributed by atoms with Crippen molar-refractivity contribution in [1.29, 1.82) is 0 Å². The third kappa shape index (κ3) is 3.20. The number of aliphatic carboxylic acids is 1. The molecule has 5 nitrogen and oxygen atoms in total. The van der Waals surface area contributed by atoms with Crippen LogP contribution < -0.4 is 0 Å². The van der Waals surface area contributed by atoms with Gasteiger partial charge in [0.05, 0.1) is 6.54 Å². The van der Waals surface area contributed by atoms with E-state index in [0.717, 1.165) is 13.0 Å². The lowest BCUT2D eigenvalue weighted by atomic mass is 10.1. The quantitative estimate of drug-likeness (QED) is 0.756. The monoisotopic (exact) mass is 228 g/mol. The first-order chi connectivity index (χ1) is 7.41. The van der Waals surface area contributed by atoms with Crippen LogP contribution in [0.25, 0.3) is 0 Å². The Labute approximate surface area is 96.0 Å². The third-order valence-corrected chi connectivity index (χ3v) is 3.06. The minimum atomic E-state index is -0.810. The lowest BCUT2D eigenvalue weighted by molar-refractivity contribution is -0.139. The molecule has 1 rings (SSSR count). The molecule has 1 aliphatic rings. The van der Waals surface area contributed by atoms with Gasteiger partial charge in [0.25, 0.3) is 0 Å². The molecule has 0 aliphatic carbocycles. The summed E-state index contributed by atoms with van der Waals surface area (Å²) in [6.07, 6.45) is 0.866. The van der Waals surface area contributed by atoms with E-state index < -0.39 is 5.97 Å². The van der Waals surface area contributed by atoms with Gasteiger partial charge < -0.3 is 10.0 Å². The van der Waals surface area contributed by atoms with E-state index in [1.165, 1.54) is 0 Å². The summed E-state index contributed by atoms with van der Waals surface area (Å²) >= 11 is 0. The summed E-state index contributed by atoms with van der Waals surface area (Å²) in [5.41, 5.74) is 0. The zero-order valence-corrected chi connectivity index (χ0v) is 10.1. The molecule has 0 aromatic heterocycles. The van der Waals surface area contributed by atoms with Crippen molar-refractivity contribution in [2.24, 2.45) is 0 Å². The Morgan fingerprint density at radius 3 is 2.50 bits per heavy atom. The van der Waals surface area contributed by atoms with Crippen molar-refractivity contribution in [3.8, 4) is 0 Å². The minimum absolute atomic E-state index is 0.0497. The van der Waals surface area contributed by atoms with E-state index in [1.807, 2.05) is 18.7 Å². The average molecular weight is 228 g/mol. The molecule has 0 radical (unpaired) electrons. The summed E-state index contributed by atoms with van der Waals surface area (Å²) in [6.45, 7) is 6.97. The molecule has 1 aliphatic heterocycles. The van der Waals surface area contributed by atoms with Gasteiger partial charge in [0.1, 0.15) is 0 Å². The lowest BCUT2D eigenvalue weighted by Gasteiger charge is -2.30. The molecule has 16 heavy (non-hydrogen) atoms. The zero-order valence-electron chi connectivity index (χ0n) is 10.1. The van der Waals surface area contributed by atoms with Crippen molar-refractivity contribution < 1.29 is 14.7 Å². The number of hydrogen-bond donors (Lipinski definition) is 1. The largest absolute Gasteiger partial charge is 0.480 e. The lowest BCUT2D eigenvalue weighted by Crippen LogP contribution is -2.45. The van der Waals surface area contributed by atoms with Gasteiger partial charge in [-0.15, -0.1) is 0 Å². The number of carboxylic acid groups (broad SMARTS) is 1. The van der Waals surface area contributed by atoms with Crippen LogP contribution in [0.2, 0.25) is 0 Å². The number of likely N-dealkylation sites (tertiary alicyclic amines) is 1. The molecule has 1 saturated heterocycles. The van der Waals surface area contributed by atoms with Gasteiger partial charge in [-0.1, -0.05) is 0 Å². The van der Waals surface area contributed by atoms with Crippen molar-refractivity contribution in [2.75, 3.05) is 19.6 Å². The van der Waals surface area contributed by atoms with E-state index in [0.29, 0.717) is 6.54 Å². The van der Waals surface area contributed by atoms with E-state index in [1.54, 1.807) is 11.8 Å². The summed E-state index contributed by atoms with van der Waals surface area (Å²) in [5, 5.41) is 8.85. The fraction of sp³-hybridized carbons (Fsp3) is 0.818. The second-order valence-electron chi connectivity index (χ2n) is 4.57. The maximum absolute atomic E-state index is 11.2. The molecule has 1 N–H and O–H groups in total.